The van der Waals surface area contributed by atoms with Crippen LogP contribution in [0.2, 0.25) is 0 Å². The van der Waals surface area contributed by atoms with Gasteiger partial charge in [-0.05, 0) is 31.9 Å². The number of carbonyl (C=O) groups excluding carboxylic acids is 1. The first-order chi connectivity index (χ1) is 6.88. The predicted octanol–water partition coefficient (Wildman–Crippen LogP) is 2.38. The molecular formula is C11H13NO3. The molecule has 0 aromatic heterocycles. The lowest BCUT2D eigenvalue weighted by molar-refractivity contribution is -0.385. The van der Waals surface area contributed by atoms with Gasteiger partial charge in [0.2, 0.25) is 0 Å². The van der Waals surface area contributed by atoms with Crippen molar-refractivity contribution in [1.29, 1.82) is 0 Å². The first-order valence-corrected chi connectivity index (χ1v) is 4.60. The van der Waals surface area contributed by atoms with Gasteiger partial charge in [0.1, 0.15) is 6.29 Å². The minimum Gasteiger partial charge on any atom is -0.302 e. The normalized spacial score (nSPS) is 11.1. The molecule has 15 heavy (non-hydrogen) atoms. The number of carbonyl (C=O) groups is 1. The van der Waals surface area contributed by atoms with Crippen molar-refractivity contribution in [3.05, 3.63) is 39.4 Å². The van der Waals surface area contributed by atoms with Crippen LogP contribution in [0.15, 0.2) is 18.2 Å². The molecule has 0 heterocycles. The Morgan fingerprint density at radius 1 is 1.40 bits per heavy atom. The average Bonchev–Trinajstić information content (AvgIpc) is 2.17. The monoisotopic (exact) mass is 207 g/mol. The Morgan fingerprint density at radius 3 is 2.47 bits per heavy atom. The Hall–Kier alpha value is -1.71. The molecule has 0 saturated heterocycles. The summed E-state index contributed by atoms with van der Waals surface area (Å²) in [4.78, 5) is 21.0. The molecule has 0 bridgehead atoms. The Balaban J connectivity index is 3.34. The van der Waals surface area contributed by atoms with Gasteiger partial charge in [0, 0.05) is 17.5 Å². The zero-order valence-electron chi connectivity index (χ0n) is 8.98. The maximum atomic E-state index is 10.9. The van der Waals surface area contributed by atoms with Crippen molar-refractivity contribution in [3.8, 4) is 0 Å². The number of aldehydes is 1. The summed E-state index contributed by atoms with van der Waals surface area (Å²) in [6.45, 7) is 5.32. The van der Waals surface area contributed by atoms with Crippen molar-refractivity contribution in [1.82, 2.24) is 0 Å². The van der Waals surface area contributed by atoms with Crippen molar-refractivity contribution in [2.45, 2.75) is 26.2 Å². The number of rotatable bonds is 3. The third-order valence-electron chi connectivity index (χ3n) is 2.42. The molecule has 0 unspecified atom stereocenters. The molecule has 0 radical (unpaired) electrons. The molecule has 0 spiro atoms. The van der Waals surface area contributed by atoms with Crippen LogP contribution in [0.25, 0.3) is 0 Å². The van der Waals surface area contributed by atoms with Gasteiger partial charge in [-0.25, -0.2) is 0 Å². The second-order valence-electron chi connectivity index (χ2n) is 4.10. The molecule has 4 nitrogen and oxygen atoms in total. The highest BCUT2D eigenvalue weighted by atomic mass is 16.6. The third-order valence-corrected chi connectivity index (χ3v) is 2.42. The molecule has 0 aliphatic rings. The van der Waals surface area contributed by atoms with Gasteiger partial charge >= 0.3 is 0 Å². The summed E-state index contributed by atoms with van der Waals surface area (Å²) in [7, 11) is 0. The molecule has 0 N–H and O–H groups in total. The summed E-state index contributed by atoms with van der Waals surface area (Å²) in [6.07, 6.45) is 0.805. The van der Waals surface area contributed by atoms with E-state index in [1.165, 1.54) is 12.1 Å². The second-order valence-corrected chi connectivity index (χ2v) is 4.10. The molecular weight excluding hydrogens is 194 g/mol. The first kappa shape index (κ1) is 11.4. The van der Waals surface area contributed by atoms with Crippen LogP contribution in [0.1, 0.15) is 25.0 Å². The maximum Gasteiger partial charge on any atom is 0.269 e. The van der Waals surface area contributed by atoms with E-state index in [-0.39, 0.29) is 5.69 Å². The van der Waals surface area contributed by atoms with Gasteiger partial charge in [0.25, 0.3) is 5.69 Å². The lowest BCUT2D eigenvalue weighted by Crippen LogP contribution is -2.20. The van der Waals surface area contributed by atoms with Gasteiger partial charge in [-0.1, -0.05) is 6.07 Å². The van der Waals surface area contributed by atoms with E-state index in [9.17, 15) is 14.9 Å². The van der Waals surface area contributed by atoms with E-state index in [2.05, 4.69) is 0 Å². The topological polar surface area (TPSA) is 60.2 Å². The predicted molar refractivity (Wildman–Crippen MR) is 56.9 cm³/mol. The minimum absolute atomic E-state index is 0.0190. The van der Waals surface area contributed by atoms with Gasteiger partial charge in [-0.3, -0.25) is 10.1 Å². The molecule has 0 amide bonds. The van der Waals surface area contributed by atoms with Crippen molar-refractivity contribution in [2.24, 2.45) is 0 Å². The van der Waals surface area contributed by atoms with E-state index in [0.717, 1.165) is 11.8 Å². The van der Waals surface area contributed by atoms with Gasteiger partial charge < -0.3 is 4.79 Å². The van der Waals surface area contributed by atoms with Gasteiger partial charge in [0.05, 0.1) is 4.92 Å². The highest BCUT2D eigenvalue weighted by Crippen LogP contribution is 2.27. The molecule has 0 fully saturated rings. The molecule has 0 aliphatic heterocycles. The summed E-state index contributed by atoms with van der Waals surface area (Å²) < 4.78 is 0. The Bertz CT molecular complexity index is 410. The molecule has 0 atom stereocenters. The smallest absolute Gasteiger partial charge is 0.269 e. The van der Waals surface area contributed by atoms with E-state index in [1.54, 1.807) is 19.9 Å². The molecule has 80 valence electrons. The van der Waals surface area contributed by atoms with Crippen LogP contribution >= 0.6 is 0 Å². The van der Waals surface area contributed by atoms with Gasteiger partial charge in [-0.2, -0.15) is 0 Å². The zero-order chi connectivity index (χ0) is 11.6. The van der Waals surface area contributed by atoms with E-state index in [4.69, 9.17) is 0 Å². The van der Waals surface area contributed by atoms with Gasteiger partial charge in [-0.15, -0.1) is 0 Å². The van der Waals surface area contributed by atoms with Crippen LogP contribution in [0, 0.1) is 17.0 Å². The number of nitro benzene ring substituents is 1. The molecule has 1 aromatic rings. The summed E-state index contributed by atoms with van der Waals surface area (Å²) in [5.41, 5.74) is 0.922. The summed E-state index contributed by atoms with van der Waals surface area (Å²) in [6, 6.07) is 4.57. The summed E-state index contributed by atoms with van der Waals surface area (Å²) in [5.74, 6) is 0. The fourth-order valence-corrected chi connectivity index (χ4v) is 1.48. The average molecular weight is 207 g/mol. The molecule has 0 aliphatic carbocycles. The number of hydrogen-bond donors (Lipinski definition) is 0. The molecule has 1 aromatic carbocycles. The molecule has 0 saturated carbocycles. The minimum atomic E-state index is -0.684. The SMILES string of the molecule is Cc1ccc([N+](=O)[O-])cc1C(C)(C)C=O. The van der Waals surface area contributed by atoms with Crippen molar-refractivity contribution in [2.75, 3.05) is 0 Å². The first-order valence-electron chi connectivity index (χ1n) is 4.60. The number of non-ortho nitro benzene ring substituents is 1. The van der Waals surface area contributed by atoms with Crippen LogP contribution < -0.4 is 0 Å². The quantitative estimate of drug-likeness (QED) is 0.434. The standard InChI is InChI=1S/C11H13NO3/c1-8-4-5-9(12(14)15)6-10(8)11(2,3)7-13/h4-7H,1-3H3. The van der Waals surface area contributed by atoms with E-state index >= 15 is 0 Å². The zero-order valence-corrected chi connectivity index (χ0v) is 8.98. The molecule has 4 heteroatoms. The fourth-order valence-electron chi connectivity index (χ4n) is 1.48. The van der Waals surface area contributed by atoms with Crippen molar-refractivity contribution in [3.63, 3.8) is 0 Å². The number of hydrogen-bond acceptors (Lipinski definition) is 3. The number of nitro groups is 1. The van der Waals surface area contributed by atoms with Crippen molar-refractivity contribution < 1.29 is 9.72 Å². The fraction of sp³-hybridized carbons (Fsp3) is 0.364. The van der Waals surface area contributed by atoms with E-state index < -0.39 is 10.3 Å². The Morgan fingerprint density at radius 2 is 2.00 bits per heavy atom. The summed E-state index contributed by atoms with van der Waals surface area (Å²) in [5, 5.41) is 10.6. The van der Waals surface area contributed by atoms with Gasteiger partial charge in [0.15, 0.2) is 0 Å². The van der Waals surface area contributed by atoms with Crippen LogP contribution in [0.4, 0.5) is 5.69 Å². The van der Waals surface area contributed by atoms with Crippen LogP contribution in [0.5, 0.6) is 0 Å². The second kappa shape index (κ2) is 3.81. The number of aryl methyl sites for hydroxylation is 1. The maximum absolute atomic E-state index is 10.9. The van der Waals surface area contributed by atoms with Crippen LogP contribution in [0.3, 0.4) is 0 Å². The highest BCUT2D eigenvalue weighted by molar-refractivity contribution is 5.69. The lowest BCUT2D eigenvalue weighted by atomic mass is 9.83. The van der Waals surface area contributed by atoms with Crippen LogP contribution in [-0.2, 0) is 10.2 Å². The van der Waals surface area contributed by atoms with E-state index in [1.807, 2.05) is 6.92 Å². The number of benzene rings is 1. The van der Waals surface area contributed by atoms with Crippen molar-refractivity contribution >= 4 is 12.0 Å². The summed E-state index contributed by atoms with van der Waals surface area (Å²) >= 11 is 0. The lowest BCUT2D eigenvalue weighted by Gasteiger charge is -2.19. The van der Waals surface area contributed by atoms with Crippen LogP contribution in [-0.4, -0.2) is 11.2 Å². The molecule has 1 rings (SSSR count). The third kappa shape index (κ3) is 2.21. The largest absolute Gasteiger partial charge is 0.302 e. The Kier molecular flexibility index (Phi) is 2.88. The van der Waals surface area contributed by atoms with E-state index in [0.29, 0.717) is 5.56 Å². The highest BCUT2D eigenvalue weighted by Gasteiger charge is 2.23. The number of nitrogens with zero attached hydrogens (tertiary/aromatic N) is 1. The Labute approximate surface area is 88.1 Å².